The van der Waals surface area contributed by atoms with E-state index in [0.29, 0.717) is 6.61 Å². The predicted octanol–water partition coefficient (Wildman–Crippen LogP) is 1.91. The highest BCUT2D eigenvalue weighted by Gasteiger charge is 2.24. The summed E-state index contributed by atoms with van der Waals surface area (Å²) in [6, 6.07) is 6.29. The first-order valence-corrected chi connectivity index (χ1v) is 4.65. The van der Waals surface area contributed by atoms with Crippen LogP contribution in [0.25, 0.3) is 0 Å². The van der Waals surface area contributed by atoms with Gasteiger partial charge in [-0.3, -0.25) is 0 Å². The van der Waals surface area contributed by atoms with Gasteiger partial charge in [0.1, 0.15) is 0 Å². The van der Waals surface area contributed by atoms with Crippen LogP contribution >= 0.6 is 0 Å². The topological polar surface area (TPSA) is 35.2 Å². The zero-order valence-electron chi connectivity index (χ0n) is 8.08. The third-order valence-electron chi connectivity index (χ3n) is 2.76. The summed E-state index contributed by atoms with van der Waals surface area (Å²) in [4.78, 5) is 0. The maximum absolute atomic E-state index is 6.07. The minimum absolute atomic E-state index is 0.0324. The molecule has 1 aromatic carbocycles. The van der Waals surface area contributed by atoms with E-state index in [1.807, 2.05) is 6.92 Å². The van der Waals surface area contributed by atoms with Crippen LogP contribution in [0.5, 0.6) is 0 Å². The van der Waals surface area contributed by atoms with Gasteiger partial charge in [-0.2, -0.15) is 0 Å². The van der Waals surface area contributed by atoms with E-state index in [1.54, 1.807) is 0 Å². The van der Waals surface area contributed by atoms with Crippen LogP contribution in [-0.2, 0) is 11.3 Å². The highest BCUT2D eigenvalue weighted by molar-refractivity contribution is 5.38. The van der Waals surface area contributed by atoms with E-state index in [-0.39, 0.29) is 12.1 Å². The summed E-state index contributed by atoms with van der Waals surface area (Å²) in [6.45, 7) is 4.84. The lowest BCUT2D eigenvalue weighted by Crippen LogP contribution is -2.32. The van der Waals surface area contributed by atoms with E-state index in [4.69, 9.17) is 10.5 Å². The van der Waals surface area contributed by atoms with E-state index >= 15 is 0 Å². The molecule has 0 spiro atoms. The summed E-state index contributed by atoms with van der Waals surface area (Å²) >= 11 is 0. The molecule has 1 heterocycles. The summed E-state index contributed by atoms with van der Waals surface area (Å²) in [5, 5.41) is 0. The van der Waals surface area contributed by atoms with Crippen LogP contribution in [-0.4, -0.2) is 6.10 Å². The average molecular weight is 177 g/mol. The SMILES string of the molecule is Cc1cccc2c1C(N)[C@H](C)OC2. The van der Waals surface area contributed by atoms with Gasteiger partial charge in [0.2, 0.25) is 0 Å². The molecule has 0 radical (unpaired) electrons. The monoisotopic (exact) mass is 177 g/mol. The Balaban J connectivity index is 2.51. The van der Waals surface area contributed by atoms with Gasteiger partial charge in [-0.15, -0.1) is 0 Å². The van der Waals surface area contributed by atoms with Crippen molar-refractivity contribution in [1.82, 2.24) is 0 Å². The fraction of sp³-hybridized carbons (Fsp3) is 0.455. The van der Waals surface area contributed by atoms with Gasteiger partial charge in [-0.1, -0.05) is 18.2 Å². The first-order chi connectivity index (χ1) is 6.20. The van der Waals surface area contributed by atoms with Crippen LogP contribution in [0.15, 0.2) is 18.2 Å². The van der Waals surface area contributed by atoms with Crippen LogP contribution in [0.2, 0.25) is 0 Å². The average Bonchev–Trinajstić information content (AvgIpc) is 2.12. The van der Waals surface area contributed by atoms with E-state index in [1.165, 1.54) is 16.7 Å². The molecule has 2 heteroatoms. The quantitative estimate of drug-likeness (QED) is 0.657. The molecule has 2 atom stereocenters. The number of aryl methyl sites for hydroxylation is 1. The van der Waals surface area contributed by atoms with Crippen LogP contribution in [0, 0.1) is 6.92 Å². The van der Waals surface area contributed by atoms with Crippen molar-refractivity contribution >= 4 is 0 Å². The molecule has 0 aliphatic carbocycles. The van der Waals surface area contributed by atoms with Crippen molar-refractivity contribution in [3.63, 3.8) is 0 Å². The molecule has 1 aromatic rings. The number of hydrogen-bond acceptors (Lipinski definition) is 2. The maximum Gasteiger partial charge on any atom is 0.0744 e. The summed E-state index contributed by atoms with van der Waals surface area (Å²) in [5.74, 6) is 0. The normalized spacial score (nSPS) is 27.0. The number of ether oxygens (including phenoxy) is 1. The maximum atomic E-state index is 6.07. The third-order valence-corrected chi connectivity index (χ3v) is 2.76. The fourth-order valence-corrected chi connectivity index (χ4v) is 1.90. The molecular weight excluding hydrogens is 162 g/mol. The zero-order chi connectivity index (χ0) is 9.42. The van der Waals surface area contributed by atoms with Crippen LogP contribution in [0.1, 0.15) is 29.7 Å². The van der Waals surface area contributed by atoms with Crippen LogP contribution in [0.3, 0.4) is 0 Å². The summed E-state index contributed by atoms with van der Waals surface area (Å²) in [6.07, 6.45) is 0.133. The third kappa shape index (κ3) is 1.36. The second-order valence-electron chi connectivity index (χ2n) is 3.69. The molecule has 0 amide bonds. The molecule has 1 unspecified atom stereocenters. The second kappa shape index (κ2) is 3.13. The first-order valence-electron chi connectivity index (χ1n) is 4.65. The largest absolute Gasteiger partial charge is 0.372 e. The highest BCUT2D eigenvalue weighted by Crippen LogP contribution is 2.29. The fourth-order valence-electron chi connectivity index (χ4n) is 1.90. The Morgan fingerprint density at radius 1 is 1.46 bits per heavy atom. The van der Waals surface area contributed by atoms with E-state index in [0.717, 1.165) is 0 Å². The number of rotatable bonds is 0. The standard InChI is InChI=1S/C11H15NO/c1-7-4-3-5-9-6-13-8(2)11(12)10(7)9/h3-5,8,11H,6,12H2,1-2H3/t8-,11?/m0/s1. The highest BCUT2D eigenvalue weighted by atomic mass is 16.5. The summed E-state index contributed by atoms with van der Waals surface area (Å²) < 4.78 is 5.55. The number of benzene rings is 1. The lowest BCUT2D eigenvalue weighted by Gasteiger charge is -2.30. The molecule has 2 nitrogen and oxygen atoms in total. The Labute approximate surface area is 78.7 Å². The van der Waals surface area contributed by atoms with Crippen molar-refractivity contribution in [2.75, 3.05) is 0 Å². The Morgan fingerprint density at radius 2 is 2.23 bits per heavy atom. The van der Waals surface area contributed by atoms with Crippen molar-refractivity contribution in [2.45, 2.75) is 32.6 Å². The Morgan fingerprint density at radius 3 is 3.00 bits per heavy atom. The van der Waals surface area contributed by atoms with Gasteiger partial charge in [0.15, 0.2) is 0 Å². The minimum Gasteiger partial charge on any atom is -0.372 e. The predicted molar refractivity (Wildman–Crippen MR) is 52.4 cm³/mol. The lowest BCUT2D eigenvalue weighted by atomic mass is 9.91. The minimum atomic E-state index is 0.0324. The molecule has 1 aliphatic heterocycles. The van der Waals surface area contributed by atoms with E-state index in [9.17, 15) is 0 Å². The molecule has 0 bridgehead atoms. The van der Waals surface area contributed by atoms with Gasteiger partial charge < -0.3 is 10.5 Å². The number of nitrogens with two attached hydrogens (primary N) is 1. The van der Waals surface area contributed by atoms with E-state index in [2.05, 4.69) is 25.1 Å². The van der Waals surface area contributed by atoms with Gasteiger partial charge in [0.25, 0.3) is 0 Å². The van der Waals surface area contributed by atoms with Crippen molar-refractivity contribution in [2.24, 2.45) is 5.73 Å². The number of fused-ring (bicyclic) bond motifs is 1. The summed E-state index contributed by atoms with van der Waals surface area (Å²) in [5.41, 5.74) is 9.86. The number of hydrogen-bond donors (Lipinski definition) is 1. The molecular formula is C11H15NO. The molecule has 13 heavy (non-hydrogen) atoms. The Kier molecular flexibility index (Phi) is 2.10. The van der Waals surface area contributed by atoms with Gasteiger partial charge in [0.05, 0.1) is 18.8 Å². The molecule has 2 rings (SSSR count). The van der Waals surface area contributed by atoms with Crippen molar-refractivity contribution in [1.29, 1.82) is 0 Å². The van der Waals surface area contributed by atoms with Crippen LogP contribution < -0.4 is 5.73 Å². The molecule has 2 N–H and O–H groups in total. The smallest absolute Gasteiger partial charge is 0.0744 e. The first kappa shape index (κ1) is 8.73. The molecule has 0 fully saturated rings. The molecule has 0 aromatic heterocycles. The van der Waals surface area contributed by atoms with Gasteiger partial charge in [0, 0.05) is 0 Å². The van der Waals surface area contributed by atoms with Gasteiger partial charge in [-0.25, -0.2) is 0 Å². The van der Waals surface area contributed by atoms with Crippen LogP contribution in [0.4, 0.5) is 0 Å². The lowest BCUT2D eigenvalue weighted by molar-refractivity contribution is 0.0211. The van der Waals surface area contributed by atoms with Crippen molar-refractivity contribution in [3.8, 4) is 0 Å². The molecule has 0 saturated heterocycles. The second-order valence-corrected chi connectivity index (χ2v) is 3.69. The Bertz CT molecular complexity index is 322. The summed E-state index contributed by atoms with van der Waals surface area (Å²) in [7, 11) is 0. The van der Waals surface area contributed by atoms with Gasteiger partial charge >= 0.3 is 0 Å². The van der Waals surface area contributed by atoms with Gasteiger partial charge in [-0.05, 0) is 30.5 Å². The molecule has 1 aliphatic rings. The molecule has 0 saturated carbocycles. The van der Waals surface area contributed by atoms with Crippen molar-refractivity contribution < 1.29 is 4.74 Å². The molecule has 70 valence electrons. The zero-order valence-corrected chi connectivity index (χ0v) is 8.08. The van der Waals surface area contributed by atoms with Crippen molar-refractivity contribution in [3.05, 3.63) is 34.9 Å². The van der Waals surface area contributed by atoms with E-state index < -0.39 is 0 Å². The Hall–Kier alpha value is -0.860.